The topological polar surface area (TPSA) is 23.8 Å². The van der Waals surface area contributed by atoms with Gasteiger partial charge in [0.25, 0.3) is 0 Å². The molecule has 0 aliphatic carbocycles. The zero-order valence-electron chi connectivity index (χ0n) is 8.75. The normalized spacial score (nSPS) is 11.8. The summed E-state index contributed by atoms with van der Waals surface area (Å²) in [4.78, 5) is 0. The first-order chi connectivity index (χ1) is 6.63. The maximum absolute atomic E-state index is 8.63. The Hall–Kier alpha value is -1.55. The quantitative estimate of drug-likeness (QED) is 0.663. The van der Waals surface area contributed by atoms with Crippen molar-refractivity contribution in [3.05, 3.63) is 47.5 Å². The van der Waals surface area contributed by atoms with Gasteiger partial charge in [0.05, 0.1) is 11.6 Å². The van der Waals surface area contributed by atoms with E-state index in [2.05, 4.69) is 19.6 Å². The lowest BCUT2D eigenvalue weighted by molar-refractivity contribution is 0.680. The summed E-state index contributed by atoms with van der Waals surface area (Å²) in [6.07, 6.45) is 1.00. The summed E-state index contributed by atoms with van der Waals surface area (Å²) in [7, 11) is 0. The molecule has 0 bridgehead atoms. The predicted molar refractivity (Wildman–Crippen MR) is 58.8 cm³/mol. The monoisotopic (exact) mass is 185 g/mol. The molecule has 1 heteroatoms. The van der Waals surface area contributed by atoms with Crippen molar-refractivity contribution in [2.75, 3.05) is 0 Å². The number of nitrogens with zero attached hydrogens (tertiary/aromatic N) is 1. The minimum atomic E-state index is 0.503. The van der Waals surface area contributed by atoms with Crippen LogP contribution in [-0.2, 0) is 6.42 Å². The van der Waals surface area contributed by atoms with Crippen molar-refractivity contribution in [1.82, 2.24) is 0 Å². The maximum atomic E-state index is 8.63. The Morgan fingerprint density at radius 3 is 2.43 bits per heavy atom. The second-order valence-electron chi connectivity index (χ2n) is 3.76. The van der Waals surface area contributed by atoms with E-state index in [1.807, 2.05) is 31.2 Å². The molecule has 0 fully saturated rings. The third-order valence-electron chi connectivity index (χ3n) is 2.47. The number of nitriles is 1. The summed E-state index contributed by atoms with van der Waals surface area (Å²) in [5, 5.41) is 8.63. The van der Waals surface area contributed by atoms with Crippen LogP contribution in [0.2, 0.25) is 0 Å². The van der Waals surface area contributed by atoms with Crippen molar-refractivity contribution in [2.24, 2.45) is 5.92 Å². The van der Waals surface area contributed by atoms with Crippen molar-refractivity contribution in [1.29, 1.82) is 5.26 Å². The van der Waals surface area contributed by atoms with Gasteiger partial charge < -0.3 is 0 Å². The molecule has 14 heavy (non-hydrogen) atoms. The van der Waals surface area contributed by atoms with Crippen LogP contribution < -0.4 is 0 Å². The Balaban J connectivity index is 2.70. The molecule has 1 nitrogen and oxygen atoms in total. The number of hydrogen-bond acceptors (Lipinski definition) is 1. The lowest BCUT2D eigenvalue weighted by Crippen LogP contribution is -2.00. The van der Waals surface area contributed by atoms with Crippen LogP contribution in [0.15, 0.2) is 36.4 Å². The molecule has 1 rings (SSSR count). The molecule has 0 radical (unpaired) electrons. The first-order valence-electron chi connectivity index (χ1n) is 4.78. The lowest BCUT2D eigenvalue weighted by Gasteiger charge is -2.10. The fourth-order valence-electron chi connectivity index (χ4n) is 1.24. The molecule has 1 atom stereocenters. The molecular formula is C13H15N. The standard InChI is InChI=1S/C13H15N/c1-10(2)11(3)8-12-4-6-13(9-14)7-5-12/h4-7,11H,1,8H2,2-3H3. The summed E-state index contributed by atoms with van der Waals surface area (Å²) in [5.74, 6) is 0.503. The van der Waals surface area contributed by atoms with E-state index in [-0.39, 0.29) is 0 Å². The van der Waals surface area contributed by atoms with Crippen LogP contribution >= 0.6 is 0 Å². The molecule has 0 aliphatic heterocycles. The van der Waals surface area contributed by atoms with Crippen LogP contribution in [-0.4, -0.2) is 0 Å². The number of benzene rings is 1. The highest BCUT2D eigenvalue weighted by atomic mass is 14.2. The molecule has 1 aromatic rings. The van der Waals surface area contributed by atoms with Gasteiger partial charge >= 0.3 is 0 Å². The van der Waals surface area contributed by atoms with E-state index in [0.717, 1.165) is 12.0 Å². The highest BCUT2D eigenvalue weighted by molar-refractivity contribution is 5.32. The number of allylic oxidation sites excluding steroid dienone is 1. The van der Waals surface area contributed by atoms with Crippen LogP contribution in [0.5, 0.6) is 0 Å². The van der Waals surface area contributed by atoms with Gasteiger partial charge in [0, 0.05) is 0 Å². The summed E-state index contributed by atoms with van der Waals surface area (Å²) in [5.41, 5.74) is 3.19. The first kappa shape index (κ1) is 10.5. The van der Waals surface area contributed by atoms with Gasteiger partial charge in [0.2, 0.25) is 0 Å². The van der Waals surface area contributed by atoms with E-state index in [1.54, 1.807) is 0 Å². The third-order valence-corrected chi connectivity index (χ3v) is 2.47. The van der Waals surface area contributed by atoms with Gasteiger partial charge in [-0.2, -0.15) is 5.26 Å². The second-order valence-corrected chi connectivity index (χ2v) is 3.76. The molecule has 72 valence electrons. The molecular weight excluding hydrogens is 170 g/mol. The highest BCUT2D eigenvalue weighted by Gasteiger charge is 2.03. The molecule has 1 aromatic carbocycles. The lowest BCUT2D eigenvalue weighted by atomic mass is 9.95. The van der Waals surface area contributed by atoms with Gasteiger partial charge in [0.1, 0.15) is 0 Å². The smallest absolute Gasteiger partial charge is 0.0991 e. The average molecular weight is 185 g/mol. The van der Waals surface area contributed by atoms with Gasteiger partial charge in [-0.05, 0) is 37.0 Å². The maximum Gasteiger partial charge on any atom is 0.0991 e. The van der Waals surface area contributed by atoms with Crippen LogP contribution in [0.4, 0.5) is 0 Å². The average Bonchev–Trinajstić information content (AvgIpc) is 2.19. The van der Waals surface area contributed by atoms with Crippen molar-refractivity contribution < 1.29 is 0 Å². The molecule has 0 aromatic heterocycles. The predicted octanol–water partition coefficient (Wildman–Crippen LogP) is 3.31. The van der Waals surface area contributed by atoms with E-state index in [1.165, 1.54) is 11.1 Å². The summed E-state index contributed by atoms with van der Waals surface area (Å²) in [6.45, 7) is 8.15. The summed E-state index contributed by atoms with van der Waals surface area (Å²) >= 11 is 0. The first-order valence-corrected chi connectivity index (χ1v) is 4.78. The largest absolute Gasteiger partial charge is 0.192 e. The third kappa shape index (κ3) is 2.74. The van der Waals surface area contributed by atoms with Crippen LogP contribution in [0.25, 0.3) is 0 Å². The Bertz CT molecular complexity index is 354. The molecule has 0 aliphatic rings. The van der Waals surface area contributed by atoms with Gasteiger partial charge in [0.15, 0.2) is 0 Å². The zero-order valence-corrected chi connectivity index (χ0v) is 8.75. The Kier molecular flexibility index (Phi) is 3.48. The SMILES string of the molecule is C=C(C)C(C)Cc1ccc(C#N)cc1. The Labute approximate surface area is 85.7 Å². The Morgan fingerprint density at radius 2 is 2.00 bits per heavy atom. The van der Waals surface area contributed by atoms with E-state index in [0.29, 0.717) is 5.92 Å². The molecule has 0 spiro atoms. The van der Waals surface area contributed by atoms with E-state index in [9.17, 15) is 0 Å². The minimum Gasteiger partial charge on any atom is -0.192 e. The zero-order chi connectivity index (χ0) is 10.6. The molecule has 0 N–H and O–H groups in total. The number of hydrogen-bond donors (Lipinski definition) is 0. The second kappa shape index (κ2) is 4.62. The fourth-order valence-corrected chi connectivity index (χ4v) is 1.24. The summed E-state index contributed by atoms with van der Waals surface area (Å²) in [6, 6.07) is 9.86. The van der Waals surface area contributed by atoms with Crippen LogP contribution in [0, 0.1) is 17.2 Å². The molecule has 0 amide bonds. The van der Waals surface area contributed by atoms with Gasteiger partial charge in [-0.15, -0.1) is 0 Å². The summed E-state index contributed by atoms with van der Waals surface area (Å²) < 4.78 is 0. The fraction of sp³-hybridized carbons (Fsp3) is 0.308. The Morgan fingerprint density at radius 1 is 1.43 bits per heavy atom. The molecule has 1 unspecified atom stereocenters. The van der Waals surface area contributed by atoms with Gasteiger partial charge in [-0.1, -0.05) is 31.2 Å². The van der Waals surface area contributed by atoms with E-state index in [4.69, 9.17) is 5.26 Å². The van der Waals surface area contributed by atoms with Crippen molar-refractivity contribution in [3.8, 4) is 6.07 Å². The minimum absolute atomic E-state index is 0.503. The molecule has 0 heterocycles. The van der Waals surface area contributed by atoms with Gasteiger partial charge in [-0.25, -0.2) is 0 Å². The molecule has 0 saturated carbocycles. The highest BCUT2D eigenvalue weighted by Crippen LogP contribution is 2.15. The van der Waals surface area contributed by atoms with Crippen molar-refractivity contribution in [3.63, 3.8) is 0 Å². The van der Waals surface area contributed by atoms with Crippen molar-refractivity contribution in [2.45, 2.75) is 20.3 Å². The van der Waals surface area contributed by atoms with E-state index < -0.39 is 0 Å². The number of rotatable bonds is 3. The van der Waals surface area contributed by atoms with Crippen molar-refractivity contribution >= 4 is 0 Å². The molecule has 0 saturated heterocycles. The van der Waals surface area contributed by atoms with E-state index >= 15 is 0 Å². The van der Waals surface area contributed by atoms with Crippen LogP contribution in [0.1, 0.15) is 25.0 Å². The van der Waals surface area contributed by atoms with Gasteiger partial charge in [-0.3, -0.25) is 0 Å². The van der Waals surface area contributed by atoms with Crippen LogP contribution in [0.3, 0.4) is 0 Å².